The summed E-state index contributed by atoms with van der Waals surface area (Å²) in [6.45, 7) is 3.06. The van der Waals surface area contributed by atoms with Crippen molar-refractivity contribution in [3.8, 4) is 0 Å². The van der Waals surface area contributed by atoms with Crippen molar-refractivity contribution in [1.29, 1.82) is 0 Å². The molecule has 0 aliphatic heterocycles. The lowest BCUT2D eigenvalue weighted by Crippen LogP contribution is -2.33. The van der Waals surface area contributed by atoms with E-state index in [-0.39, 0.29) is 18.4 Å². The lowest BCUT2D eigenvalue weighted by Gasteiger charge is -2.19. The van der Waals surface area contributed by atoms with Crippen molar-refractivity contribution in [3.63, 3.8) is 0 Å². The minimum atomic E-state index is 0. The molecule has 0 radical (unpaired) electrons. The highest BCUT2D eigenvalue weighted by Gasteiger charge is 2.09. The molecule has 3 aromatic rings. The van der Waals surface area contributed by atoms with Crippen LogP contribution in [0, 0.1) is 0 Å². The lowest BCUT2D eigenvalue weighted by atomic mass is 10.0. The molecule has 0 bridgehead atoms. The Morgan fingerprint density at radius 1 is 1.00 bits per heavy atom. The average Bonchev–Trinajstić information content (AvgIpc) is 2.65. The molecule has 2 aromatic heterocycles. The van der Waals surface area contributed by atoms with Gasteiger partial charge < -0.3 is 11.1 Å². The van der Waals surface area contributed by atoms with E-state index >= 15 is 0 Å². The molecule has 0 aliphatic carbocycles. The molecule has 0 fully saturated rings. The van der Waals surface area contributed by atoms with Gasteiger partial charge in [0.1, 0.15) is 0 Å². The third-order valence-electron chi connectivity index (χ3n) is 4.54. The SMILES string of the molecule is C[C@H](CC(N)CCc1cccnc1)NCc1ccc2cnccc2c1.Cl. The minimum Gasteiger partial charge on any atom is -0.328 e. The summed E-state index contributed by atoms with van der Waals surface area (Å²) in [5, 5.41) is 5.99. The van der Waals surface area contributed by atoms with Gasteiger partial charge in [-0.1, -0.05) is 18.2 Å². The molecule has 3 N–H and O–H groups in total. The van der Waals surface area contributed by atoms with Crippen LogP contribution in [0.15, 0.2) is 61.2 Å². The van der Waals surface area contributed by atoms with Crippen LogP contribution in [0.4, 0.5) is 0 Å². The molecule has 138 valence electrons. The summed E-state index contributed by atoms with van der Waals surface area (Å²) in [6.07, 6.45) is 10.4. The minimum absolute atomic E-state index is 0. The van der Waals surface area contributed by atoms with Gasteiger partial charge in [0.05, 0.1) is 0 Å². The maximum atomic E-state index is 6.30. The molecule has 26 heavy (non-hydrogen) atoms. The number of aryl methyl sites for hydroxylation is 1. The Hall–Kier alpha value is -2.01. The molecular formula is C21H27ClN4. The first-order valence-electron chi connectivity index (χ1n) is 8.91. The fraction of sp³-hybridized carbons (Fsp3) is 0.333. The van der Waals surface area contributed by atoms with Crippen molar-refractivity contribution in [3.05, 3.63) is 72.3 Å². The van der Waals surface area contributed by atoms with Crippen molar-refractivity contribution in [1.82, 2.24) is 15.3 Å². The Labute approximate surface area is 161 Å². The number of nitrogens with zero attached hydrogens (tertiary/aromatic N) is 2. The highest BCUT2D eigenvalue weighted by atomic mass is 35.5. The van der Waals surface area contributed by atoms with Gasteiger partial charge in [0.25, 0.3) is 0 Å². The predicted molar refractivity (Wildman–Crippen MR) is 110 cm³/mol. The zero-order valence-electron chi connectivity index (χ0n) is 15.1. The van der Waals surface area contributed by atoms with Crippen LogP contribution in [0.1, 0.15) is 30.9 Å². The number of halogens is 1. The van der Waals surface area contributed by atoms with Crippen LogP contribution >= 0.6 is 12.4 Å². The molecule has 2 heterocycles. The average molecular weight is 371 g/mol. The Balaban J connectivity index is 0.00000243. The highest BCUT2D eigenvalue weighted by Crippen LogP contribution is 2.15. The molecule has 5 heteroatoms. The molecule has 0 saturated heterocycles. The third-order valence-corrected chi connectivity index (χ3v) is 4.54. The quantitative estimate of drug-likeness (QED) is 0.631. The number of nitrogens with one attached hydrogen (secondary N) is 1. The second-order valence-electron chi connectivity index (χ2n) is 6.73. The Morgan fingerprint density at radius 2 is 1.85 bits per heavy atom. The smallest absolute Gasteiger partial charge is 0.0346 e. The zero-order valence-corrected chi connectivity index (χ0v) is 16.0. The van der Waals surface area contributed by atoms with Crippen molar-refractivity contribution in [2.45, 2.75) is 44.8 Å². The monoisotopic (exact) mass is 370 g/mol. The number of rotatable bonds is 8. The second-order valence-corrected chi connectivity index (χ2v) is 6.73. The van der Waals surface area contributed by atoms with Gasteiger partial charge in [-0.05, 0) is 60.9 Å². The number of fused-ring (bicyclic) bond motifs is 1. The summed E-state index contributed by atoms with van der Waals surface area (Å²) in [7, 11) is 0. The molecule has 0 aliphatic rings. The Bertz CT molecular complexity index is 794. The summed E-state index contributed by atoms with van der Waals surface area (Å²) in [5.41, 5.74) is 8.84. The first-order chi connectivity index (χ1) is 12.2. The summed E-state index contributed by atoms with van der Waals surface area (Å²) in [5.74, 6) is 0. The van der Waals surface area contributed by atoms with E-state index in [9.17, 15) is 0 Å². The van der Waals surface area contributed by atoms with Crippen LogP contribution in [-0.4, -0.2) is 22.1 Å². The van der Waals surface area contributed by atoms with Crippen molar-refractivity contribution in [2.24, 2.45) is 5.73 Å². The first-order valence-corrected chi connectivity index (χ1v) is 8.91. The van der Waals surface area contributed by atoms with E-state index in [0.717, 1.165) is 25.8 Å². The molecule has 1 unspecified atom stereocenters. The van der Waals surface area contributed by atoms with Gasteiger partial charge in [-0.15, -0.1) is 12.4 Å². The molecule has 2 atom stereocenters. The molecule has 0 saturated carbocycles. The highest BCUT2D eigenvalue weighted by molar-refractivity contribution is 5.85. The number of hydrogen-bond donors (Lipinski definition) is 2. The summed E-state index contributed by atoms with van der Waals surface area (Å²) < 4.78 is 0. The van der Waals surface area contributed by atoms with E-state index in [1.807, 2.05) is 24.7 Å². The lowest BCUT2D eigenvalue weighted by molar-refractivity contribution is 0.447. The molecule has 0 spiro atoms. The van der Waals surface area contributed by atoms with Crippen LogP contribution in [-0.2, 0) is 13.0 Å². The van der Waals surface area contributed by atoms with Crippen LogP contribution in [0.25, 0.3) is 10.8 Å². The van der Waals surface area contributed by atoms with E-state index in [1.165, 1.54) is 21.9 Å². The van der Waals surface area contributed by atoms with Gasteiger partial charge in [-0.25, -0.2) is 0 Å². The van der Waals surface area contributed by atoms with Gasteiger partial charge in [-0.3, -0.25) is 9.97 Å². The van der Waals surface area contributed by atoms with E-state index in [2.05, 4.69) is 52.5 Å². The Kier molecular flexibility index (Phi) is 7.98. The number of hydrogen-bond acceptors (Lipinski definition) is 4. The summed E-state index contributed by atoms with van der Waals surface area (Å²) >= 11 is 0. The van der Waals surface area contributed by atoms with Crippen LogP contribution in [0.2, 0.25) is 0 Å². The molecule has 1 aromatic carbocycles. The molecular weight excluding hydrogens is 344 g/mol. The molecule has 4 nitrogen and oxygen atoms in total. The summed E-state index contributed by atoms with van der Waals surface area (Å²) in [6, 6.07) is 13.2. The van der Waals surface area contributed by atoms with Crippen LogP contribution in [0.3, 0.4) is 0 Å². The maximum absolute atomic E-state index is 6.30. The fourth-order valence-electron chi connectivity index (χ4n) is 3.09. The van der Waals surface area contributed by atoms with Crippen molar-refractivity contribution >= 4 is 23.2 Å². The third kappa shape index (κ3) is 6.06. The Morgan fingerprint density at radius 3 is 2.65 bits per heavy atom. The van der Waals surface area contributed by atoms with Crippen molar-refractivity contribution < 1.29 is 0 Å². The number of aromatic nitrogens is 2. The maximum Gasteiger partial charge on any atom is 0.0346 e. The topological polar surface area (TPSA) is 63.8 Å². The standard InChI is InChI=1S/C21H26N4.ClH/c1-16(11-21(22)7-5-17-3-2-9-23-13-17)25-14-18-4-6-20-15-24-10-8-19(20)12-18;/h2-4,6,8-10,12-13,15-16,21,25H,5,7,11,14,22H2,1H3;1H/t16-,21?;/m1./s1. The number of benzene rings is 1. The normalized spacial score (nSPS) is 13.2. The van der Waals surface area contributed by atoms with E-state index in [1.54, 1.807) is 6.20 Å². The van der Waals surface area contributed by atoms with Crippen molar-refractivity contribution in [2.75, 3.05) is 0 Å². The number of pyridine rings is 2. The zero-order chi connectivity index (χ0) is 17.5. The molecule has 0 amide bonds. The van der Waals surface area contributed by atoms with E-state index in [4.69, 9.17) is 5.73 Å². The van der Waals surface area contributed by atoms with Gasteiger partial charge >= 0.3 is 0 Å². The van der Waals surface area contributed by atoms with Crippen LogP contribution in [0.5, 0.6) is 0 Å². The first kappa shape index (κ1) is 20.3. The van der Waals surface area contributed by atoms with Crippen LogP contribution < -0.4 is 11.1 Å². The summed E-state index contributed by atoms with van der Waals surface area (Å²) in [4.78, 5) is 8.31. The fourth-order valence-corrected chi connectivity index (χ4v) is 3.09. The largest absolute Gasteiger partial charge is 0.328 e. The van der Waals surface area contributed by atoms with E-state index < -0.39 is 0 Å². The second kappa shape index (κ2) is 10.2. The predicted octanol–water partition coefficient (Wildman–Crippen LogP) is 3.88. The van der Waals surface area contributed by atoms with Gasteiger partial charge in [-0.2, -0.15) is 0 Å². The van der Waals surface area contributed by atoms with Gasteiger partial charge in [0.2, 0.25) is 0 Å². The molecule has 3 rings (SSSR count). The number of nitrogens with two attached hydrogens (primary N) is 1. The van der Waals surface area contributed by atoms with Gasteiger partial charge in [0, 0.05) is 48.8 Å². The van der Waals surface area contributed by atoms with Gasteiger partial charge in [0.15, 0.2) is 0 Å². The van der Waals surface area contributed by atoms with E-state index in [0.29, 0.717) is 6.04 Å².